The molecule has 0 unspecified atom stereocenters. The molecule has 0 spiro atoms. The summed E-state index contributed by atoms with van der Waals surface area (Å²) in [7, 11) is -3.28. The quantitative estimate of drug-likeness (QED) is 0.675. The molecular weight excluding hydrogens is 252 g/mol. The molecule has 0 aliphatic carbocycles. The summed E-state index contributed by atoms with van der Waals surface area (Å²) in [6.07, 6.45) is 3.88. The molecule has 0 amide bonds. The summed E-state index contributed by atoms with van der Waals surface area (Å²) in [5.74, 6) is 0. The molecule has 1 saturated heterocycles. The van der Waals surface area contributed by atoms with Gasteiger partial charge in [0.25, 0.3) is 10.2 Å². The minimum absolute atomic E-state index is 0.483. The van der Waals surface area contributed by atoms with Crippen molar-refractivity contribution in [1.82, 2.24) is 8.61 Å². The summed E-state index contributed by atoms with van der Waals surface area (Å²) < 4.78 is 33.4. The van der Waals surface area contributed by atoms with E-state index in [1.165, 1.54) is 0 Å². The SMILES string of the molecule is CCCCN(CCCC)S(=O)(=O)N1CCOCC1. The maximum Gasteiger partial charge on any atom is 0.282 e. The molecule has 0 N–H and O–H groups in total. The van der Waals surface area contributed by atoms with Crippen LogP contribution in [0.15, 0.2) is 0 Å². The Balaban J connectivity index is 2.66. The minimum Gasteiger partial charge on any atom is -0.379 e. The van der Waals surface area contributed by atoms with Crippen LogP contribution in [0.1, 0.15) is 39.5 Å². The highest BCUT2D eigenvalue weighted by molar-refractivity contribution is 7.86. The van der Waals surface area contributed by atoms with Gasteiger partial charge in [-0.3, -0.25) is 0 Å². The number of nitrogens with zero attached hydrogens (tertiary/aromatic N) is 2. The lowest BCUT2D eigenvalue weighted by molar-refractivity contribution is 0.0701. The van der Waals surface area contributed by atoms with E-state index in [1.54, 1.807) is 8.61 Å². The Bertz CT molecular complexity index is 305. The molecule has 0 aromatic heterocycles. The summed E-state index contributed by atoms with van der Waals surface area (Å²) in [5.41, 5.74) is 0. The zero-order valence-electron chi connectivity index (χ0n) is 11.6. The molecule has 108 valence electrons. The first-order valence-corrected chi connectivity index (χ1v) is 8.35. The summed E-state index contributed by atoms with van der Waals surface area (Å²) in [6, 6.07) is 0. The maximum atomic E-state index is 12.5. The first-order chi connectivity index (χ1) is 8.62. The Hall–Kier alpha value is -0.170. The van der Waals surface area contributed by atoms with Crippen molar-refractivity contribution in [2.45, 2.75) is 39.5 Å². The minimum atomic E-state index is -3.28. The molecule has 0 bridgehead atoms. The van der Waals surface area contributed by atoms with Crippen LogP contribution in [0.4, 0.5) is 0 Å². The summed E-state index contributed by atoms with van der Waals surface area (Å²) >= 11 is 0. The number of hydrogen-bond donors (Lipinski definition) is 0. The molecule has 0 aromatic rings. The Morgan fingerprint density at radius 2 is 1.56 bits per heavy atom. The fraction of sp³-hybridized carbons (Fsp3) is 1.00. The highest BCUT2D eigenvalue weighted by Crippen LogP contribution is 2.13. The van der Waals surface area contributed by atoms with Gasteiger partial charge >= 0.3 is 0 Å². The highest BCUT2D eigenvalue weighted by Gasteiger charge is 2.29. The number of morpholine rings is 1. The largest absolute Gasteiger partial charge is 0.379 e. The lowest BCUT2D eigenvalue weighted by Gasteiger charge is -2.32. The van der Waals surface area contributed by atoms with Crippen molar-refractivity contribution in [3.63, 3.8) is 0 Å². The smallest absolute Gasteiger partial charge is 0.282 e. The molecule has 0 saturated carbocycles. The number of hydrogen-bond acceptors (Lipinski definition) is 3. The van der Waals surface area contributed by atoms with Gasteiger partial charge < -0.3 is 4.74 Å². The first-order valence-electron chi connectivity index (χ1n) is 6.95. The first kappa shape index (κ1) is 15.9. The molecular formula is C12H26N2O3S. The normalized spacial score (nSPS) is 18.4. The predicted octanol–water partition coefficient (Wildman–Crippen LogP) is 1.47. The molecule has 5 nitrogen and oxygen atoms in total. The molecule has 18 heavy (non-hydrogen) atoms. The van der Waals surface area contributed by atoms with Gasteiger partial charge in [-0.2, -0.15) is 17.0 Å². The maximum absolute atomic E-state index is 12.5. The second kappa shape index (κ2) is 8.09. The molecule has 0 radical (unpaired) electrons. The molecule has 6 heteroatoms. The van der Waals surface area contributed by atoms with Gasteiger partial charge in [-0.1, -0.05) is 26.7 Å². The standard InChI is InChI=1S/C12H26N2O3S/c1-3-5-7-13(8-6-4-2)18(15,16)14-9-11-17-12-10-14/h3-12H2,1-2H3. The van der Waals surface area contributed by atoms with Gasteiger partial charge in [0, 0.05) is 26.2 Å². The van der Waals surface area contributed by atoms with Crippen LogP contribution in [0.3, 0.4) is 0 Å². The van der Waals surface area contributed by atoms with Crippen molar-refractivity contribution in [2.24, 2.45) is 0 Å². The van der Waals surface area contributed by atoms with Crippen LogP contribution >= 0.6 is 0 Å². The van der Waals surface area contributed by atoms with E-state index in [1.807, 2.05) is 0 Å². The van der Waals surface area contributed by atoms with E-state index in [0.717, 1.165) is 25.7 Å². The van der Waals surface area contributed by atoms with E-state index in [9.17, 15) is 8.42 Å². The third-order valence-electron chi connectivity index (χ3n) is 3.14. The molecule has 0 atom stereocenters. The lowest BCUT2D eigenvalue weighted by atomic mass is 10.3. The Morgan fingerprint density at radius 3 is 2.00 bits per heavy atom. The average molecular weight is 278 g/mol. The van der Waals surface area contributed by atoms with E-state index >= 15 is 0 Å². The van der Waals surface area contributed by atoms with Crippen LogP contribution < -0.4 is 0 Å². The van der Waals surface area contributed by atoms with Crippen molar-refractivity contribution in [1.29, 1.82) is 0 Å². The van der Waals surface area contributed by atoms with Crippen LogP contribution in [-0.2, 0) is 14.9 Å². The Labute approximate surface area is 111 Å². The van der Waals surface area contributed by atoms with Gasteiger partial charge in [0.2, 0.25) is 0 Å². The van der Waals surface area contributed by atoms with Crippen LogP contribution in [-0.4, -0.2) is 56.4 Å². The summed E-state index contributed by atoms with van der Waals surface area (Å²) in [5, 5.41) is 0. The fourth-order valence-electron chi connectivity index (χ4n) is 1.95. The number of unbranched alkanes of at least 4 members (excludes halogenated alkanes) is 2. The number of ether oxygens (including phenoxy) is 1. The molecule has 1 fully saturated rings. The van der Waals surface area contributed by atoms with Crippen LogP contribution in [0.25, 0.3) is 0 Å². The second-order valence-electron chi connectivity index (χ2n) is 4.63. The fourth-order valence-corrected chi connectivity index (χ4v) is 3.61. The Kier molecular flexibility index (Phi) is 7.14. The van der Waals surface area contributed by atoms with Crippen LogP contribution in [0.5, 0.6) is 0 Å². The second-order valence-corrected chi connectivity index (χ2v) is 6.55. The molecule has 1 heterocycles. The van der Waals surface area contributed by atoms with Crippen molar-refractivity contribution in [3.05, 3.63) is 0 Å². The predicted molar refractivity (Wildman–Crippen MR) is 72.7 cm³/mol. The van der Waals surface area contributed by atoms with Crippen molar-refractivity contribution >= 4 is 10.2 Å². The van der Waals surface area contributed by atoms with E-state index in [0.29, 0.717) is 39.4 Å². The summed E-state index contributed by atoms with van der Waals surface area (Å²) in [4.78, 5) is 0. The molecule has 0 aromatic carbocycles. The van der Waals surface area contributed by atoms with E-state index in [-0.39, 0.29) is 0 Å². The molecule has 1 aliphatic heterocycles. The van der Waals surface area contributed by atoms with Crippen molar-refractivity contribution < 1.29 is 13.2 Å². The average Bonchev–Trinajstić information content (AvgIpc) is 2.39. The molecule has 1 aliphatic rings. The van der Waals surface area contributed by atoms with Gasteiger partial charge in [-0.25, -0.2) is 0 Å². The lowest BCUT2D eigenvalue weighted by Crippen LogP contribution is -2.49. The van der Waals surface area contributed by atoms with Gasteiger partial charge in [0.1, 0.15) is 0 Å². The van der Waals surface area contributed by atoms with Crippen LogP contribution in [0, 0.1) is 0 Å². The van der Waals surface area contributed by atoms with E-state index in [4.69, 9.17) is 4.74 Å². The summed E-state index contributed by atoms with van der Waals surface area (Å²) in [6.45, 7) is 7.42. The van der Waals surface area contributed by atoms with Gasteiger partial charge in [-0.05, 0) is 12.8 Å². The number of rotatable bonds is 8. The molecule has 1 rings (SSSR count). The van der Waals surface area contributed by atoms with E-state index < -0.39 is 10.2 Å². The van der Waals surface area contributed by atoms with Crippen molar-refractivity contribution in [2.75, 3.05) is 39.4 Å². The topological polar surface area (TPSA) is 49.9 Å². The van der Waals surface area contributed by atoms with E-state index in [2.05, 4.69) is 13.8 Å². The van der Waals surface area contributed by atoms with Crippen LogP contribution in [0.2, 0.25) is 0 Å². The zero-order valence-corrected chi connectivity index (χ0v) is 12.4. The third-order valence-corrected chi connectivity index (χ3v) is 5.18. The van der Waals surface area contributed by atoms with Gasteiger partial charge in [0.05, 0.1) is 13.2 Å². The zero-order chi connectivity index (χ0) is 13.4. The monoisotopic (exact) mass is 278 g/mol. The highest BCUT2D eigenvalue weighted by atomic mass is 32.2. The Morgan fingerprint density at radius 1 is 1.06 bits per heavy atom. The third kappa shape index (κ3) is 4.50. The van der Waals surface area contributed by atoms with Gasteiger partial charge in [-0.15, -0.1) is 0 Å². The van der Waals surface area contributed by atoms with Gasteiger partial charge in [0.15, 0.2) is 0 Å². The van der Waals surface area contributed by atoms with Crippen molar-refractivity contribution in [3.8, 4) is 0 Å².